The fraction of sp³-hybridized carbons (Fsp3) is 0.200. The summed E-state index contributed by atoms with van der Waals surface area (Å²) in [5, 5.41) is 1.23. The van der Waals surface area contributed by atoms with Crippen molar-refractivity contribution in [3.63, 3.8) is 0 Å². The lowest BCUT2D eigenvalue weighted by atomic mass is 10.1. The monoisotopic (exact) mass is 292 g/mol. The van der Waals surface area contributed by atoms with Crippen LogP contribution in [0.15, 0.2) is 28.5 Å². The molecule has 17 heavy (non-hydrogen) atoms. The van der Waals surface area contributed by atoms with Crippen LogP contribution in [0.3, 0.4) is 0 Å². The van der Waals surface area contributed by atoms with Gasteiger partial charge in [0.1, 0.15) is 0 Å². The third-order valence-electron chi connectivity index (χ3n) is 2.32. The first kappa shape index (κ1) is 12.6. The van der Waals surface area contributed by atoms with E-state index in [0.717, 1.165) is 11.7 Å². The fourth-order valence-electron chi connectivity index (χ4n) is 1.75. The van der Waals surface area contributed by atoms with E-state index in [1.807, 2.05) is 0 Å². The Labute approximate surface area is 105 Å². The van der Waals surface area contributed by atoms with Crippen LogP contribution in [-0.4, -0.2) is 28.8 Å². The van der Waals surface area contributed by atoms with Crippen molar-refractivity contribution in [1.82, 2.24) is 0 Å². The molecule has 1 aromatic rings. The second kappa shape index (κ2) is 3.83. The van der Waals surface area contributed by atoms with Crippen molar-refractivity contribution in [3.8, 4) is 0 Å². The molecule has 0 aliphatic carbocycles. The van der Waals surface area contributed by atoms with Gasteiger partial charge >= 0.3 is 0 Å². The van der Waals surface area contributed by atoms with Gasteiger partial charge in [-0.25, -0.2) is 16.8 Å². The summed E-state index contributed by atoms with van der Waals surface area (Å²) in [6, 6.07) is 4.48. The molecule has 1 aliphatic rings. The minimum atomic E-state index is -3.56. The van der Waals surface area contributed by atoms with E-state index < -0.39 is 19.7 Å². The largest absolute Gasteiger partial charge is 0.229 e. The lowest BCUT2D eigenvalue weighted by molar-refractivity contribution is 0.603. The standard InChI is InChI=1S/C10H9ClO4S2/c1-16(12,13)5-7-6-17(14,15)9-4-2-3-8(11)10(7)9/h2-4,6H,5H2,1H3. The van der Waals surface area contributed by atoms with Crippen LogP contribution < -0.4 is 0 Å². The lowest BCUT2D eigenvalue weighted by Crippen LogP contribution is -2.04. The highest BCUT2D eigenvalue weighted by Gasteiger charge is 2.30. The van der Waals surface area contributed by atoms with Crippen molar-refractivity contribution >= 4 is 36.8 Å². The first-order valence-corrected chi connectivity index (χ1v) is 8.61. The van der Waals surface area contributed by atoms with Gasteiger partial charge in [-0.3, -0.25) is 0 Å². The predicted molar refractivity (Wildman–Crippen MR) is 66.3 cm³/mol. The zero-order valence-electron chi connectivity index (χ0n) is 8.84. The summed E-state index contributed by atoms with van der Waals surface area (Å²) >= 11 is 5.92. The van der Waals surface area contributed by atoms with Crippen LogP contribution in [0.2, 0.25) is 5.02 Å². The third-order valence-corrected chi connectivity index (χ3v) is 5.02. The first-order chi connectivity index (χ1) is 7.71. The zero-order valence-corrected chi connectivity index (χ0v) is 11.2. The Morgan fingerprint density at radius 1 is 1.29 bits per heavy atom. The van der Waals surface area contributed by atoms with Crippen LogP contribution in [0.25, 0.3) is 5.57 Å². The highest BCUT2D eigenvalue weighted by atomic mass is 35.5. The molecular formula is C10H9ClO4S2. The van der Waals surface area contributed by atoms with E-state index in [-0.39, 0.29) is 21.2 Å². The molecule has 0 fully saturated rings. The molecule has 1 aromatic carbocycles. The van der Waals surface area contributed by atoms with Crippen molar-refractivity contribution in [3.05, 3.63) is 34.2 Å². The maximum atomic E-state index is 11.8. The van der Waals surface area contributed by atoms with Crippen LogP contribution in [-0.2, 0) is 19.7 Å². The molecular weight excluding hydrogens is 284 g/mol. The Balaban J connectivity index is 2.68. The molecule has 0 radical (unpaired) electrons. The van der Waals surface area contributed by atoms with E-state index in [4.69, 9.17) is 11.6 Å². The molecule has 0 spiro atoms. The smallest absolute Gasteiger partial charge is 0.200 e. The quantitative estimate of drug-likeness (QED) is 0.828. The summed E-state index contributed by atoms with van der Waals surface area (Å²) < 4.78 is 46.0. The molecule has 0 saturated heterocycles. The highest BCUT2D eigenvalue weighted by molar-refractivity contribution is 7.95. The third kappa shape index (κ3) is 2.38. The molecule has 0 unspecified atom stereocenters. The van der Waals surface area contributed by atoms with E-state index in [1.54, 1.807) is 0 Å². The number of benzene rings is 1. The average molecular weight is 293 g/mol. The van der Waals surface area contributed by atoms with Crippen molar-refractivity contribution in [2.75, 3.05) is 12.0 Å². The molecule has 2 rings (SSSR count). The Hall–Kier alpha value is -0.850. The number of fused-ring (bicyclic) bond motifs is 1. The van der Waals surface area contributed by atoms with Gasteiger partial charge in [0.2, 0.25) is 9.84 Å². The fourth-order valence-corrected chi connectivity index (χ4v) is 4.50. The minimum absolute atomic E-state index is 0.0728. The molecule has 0 bridgehead atoms. The van der Waals surface area contributed by atoms with Crippen LogP contribution in [0, 0.1) is 0 Å². The minimum Gasteiger partial charge on any atom is -0.229 e. The van der Waals surface area contributed by atoms with Crippen molar-refractivity contribution in [2.24, 2.45) is 0 Å². The molecule has 92 valence electrons. The van der Waals surface area contributed by atoms with Crippen LogP contribution in [0.1, 0.15) is 5.56 Å². The summed E-state index contributed by atoms with van der Waals surface area (Å²) in [4.78, 5) is 0.0728. The molecule has 1 aliphatic heterocycles. The Morgan fingerprint density at radius 3 is 2.53 bits per heavy atom. The van der Waals surface area contributed by atoms with E-state index in [1.165, 1.54) is 18.2 Å². The van der Waals surface area contributed by atoms with E-state index in [9.17, 15) is 16.8 Å². The van der Waals surface area contributed by atoms with E-state index in [0.29, 0.717) is 5.56 Å². The molecule has 0 atom stereocenters. The second-order valence-corrected chi connectivity index (χ2v) is 8.18. The van der Waals surface area contributed by atoms with Gasteiger partial charge in [0.25, 0.3) is 0 Å². The van der Waals surface area contributed by atoms with Crippen LogP contribution in [0.5, 0.6) is 0 Å². The van der Waals surface area contributed by atoms with Crippen LogP contribution in [0.4, 0.5) is 0 Å². The van der Waals surface area contributed by atoms with Crippen molar-refractivity contribution in [2.45, 2.75) is 4.90 Å². The molecule has 7 heteroatoms. The molecule has 1 heterocycles. The number of halogens is 1. The van der Waals surface area contributed by atoms with Crippen molar-refractivity contribution < 1.29 is 16.8 Å². The van der Waals surface area contributed by atoms with E-state index >= 15 is 0 Å². The Morgan fingerprint density at radius 2 is 1.94 bits per heavy atom. The molecule has 0 saturated carbocycles. The maximum absolute atomic E-state index is 11.8. The van der Waals surface area contributed by atoms with Gasteiger partial charge in [-0.05, 0) is 17.7 Å². The molecule has 0 aromatic heterocycles. The summed E-state index contributed by atoms with van der Waals surface area (Å²) in [7, 11) is -6.87. The van der Waals surface area contributed by atoms with Gasteiger partial charge in [-0.1, -0.05) is 17.7 Å². The van der Waals surface area contributed by atoms with Gasteiger partial charge in [0, 0.05) is 22.2 Å². The topological polar surface area (TPSA) is 68.3 Å². The number of sulfone groups is 2. The van der Waals surface area contributed by atoms with E-state index in [2.05, 4.69) is 0 Å². The SMILES string of the molecule is CS(=O)(=O)CC1=CS(=O)(=O)c2cccc(Cl)c21. The summed E-state index contributed by atoms with van der Waals surface area (Å²) in [5.74, 6) is -0.330. The molecule has 0 N–H and O–H groups in total. The summed E-state index contributed by atoms with van der Waals surface area (Å²) in [6.45, 7) is 0. The van der Waals surface area contributed by atoms with Gasteiger partial charge in [0.15, 0.2) is 9.84 Å². The van der Waals surface area contributed by atoms with Gasteiger partial charge in [-0.2, -0.15) is 0 Å². The molecule has 0 amide bonds. The normalized spacial score (nSPS) is 17.6. The Kier molecular flexibility index (Phi) is 2.84. The number of hydrogen-bond acceptors (Lipinski definition) is 4. The van der Waals surface area contributed by atoms with Crippen molar-refractivity contribution in [1.29, 1.82) is 0 Å². The summed E-state index contributed by atoms with van der Waals surface area (Å²) in [5.41, 5.74) is 0.535. The zero-order chi connectivity index (χ0) is 12.8. The maximum Gasteiger partial charge on any atom is 0.200 e. The first-order valence-electron chi connectivity index (χ1n) is 4.63. The highest BCUT2D eigenvalue weighted by Crippen LogP contribution is 2.38. The predicted octanol–water partition coefficient (Wildman–Crippen LogP) is 1.51. The van der Waals surface area contributed by atoms with Crippen LogP contribution >= 0.6 is 11.6 Å². The second-order valence-electron chi connectivity index (χ2n) is 3.87. The molecule has 4 nitrogen and oxygen atoms in total. The Bertz CT molecular complexity index is 715. The number of hydrogen-bond donors (Lipinski definition) is 0. The van der Waals surface area contributed by atoms with Gasteiger partial charge in [0.05, 0.1) is 10.6 Å². The number of rotatable bonds is 2. The average Bonchev–Trinajstić information content (AvgIpc) is 2.36. The summed E-state index contributed by atoms with van der Waals surface area (Å²) in [6.07, 6.45) is 1.05. The van der Waals surface area contributed by atoms with Gasteiger partial charge in [-0.15, -0.1) is 0 Å². The lowest BCUT2D eigenvalue weighted by Gasteiger charge is -2.05. The van der Waals surface area contributed by atoms with Gasteiger partial charge < -0.3 is 0 Å².